The normalized spacial score (nSPS) is 17.6. The van der Waals surface area contributed by atoms with E-state index in [9.17, 15) is 4.79 Å². The van der Waals surface area contributed by atoms with E-state index in [0.29, 0.717) is 12.2 Å². The van der Waals surface area contributed by atoms with Gasteiger partial charge in [-0.05, 0) is 43.4 Å². The highest BCUT2D eigenvalue weighted by Gasteiger charge is 2.27. The number of pyridine rings is 1. The fourth-order valence-electron chi connectivity index (χ4n) is 2.95. The van der Waals surface area contributed by atoms with Gasteiger partial charge in [0, 0.05) is 12.6 Å². The average molecular weight is 265 g/mol. The molecule has 3 rings (SSSR count). The summed E-state index contributed by atoms with van der Waals surface area (Å²) in [5.41, 5.74) is 4.59. The third kappa shape index (κ3) is 2.64. The predicted molar refractivity (Wildman–Crippen MR) is 79.8 cm³/mol. The highest BCUT2D eigenvalue weighted by atomic mass is 16.1. The summed E-state index contributed by atoms with van der Waals surface area (Å²) < 4.78 is 0. The highest BCUT2D eigenvalue weighted by molar-refractivity contribution is 5.87. The van der Waals surface area contributed by atoms with Crippen molar-refractivity contribution in [3.05, 3.63) is 65.0 Å². The number of ketones is 1. The number of carbonyl (C=O) groups excluding carboxylic acids is 1. The van der Waals surface area contributed by atoms with E-state index in [1.54, 1.807) is 6.20 Å². The lowest BCUT2D eigenvalue weighted by Gasteiger charge is -2.23. The van der Waals surface area contributed by atoms with Crippen LogP contribution < -0.4 is 0 Å². The SMILES string of the molecule is Cc1ccc(CC(=O)C2CCCc3cccnc32)cc1. The fourth-order valence-corrected chi connectivity index (χ4v) is 2.95. The van der Waals surface area contributed by atoms with Crippen molar-refractivity contribution in [3.63, 3.8) is 0 Å². The van der Waals surface area contributed by atoms with Crippen molar-refractivity contribution >= 4 is 5.78 Å². The van der Waals surface area contributed by atoms with Crippen molar-refractivity contribution in [2.45, 2.75) is 38.5 Å². The van der Waals surface area contributed by atoms with Crippen LogP contribution in [0, 0.1) is 6.92 Å². The third-order valence-electron chi connectivity index (χ3n) is 4.08. The van der Waals surface area contributed by atoms with E-state index in [1.165, 1.54) is 11.1 Å². The van der Waals surface area contributed by atoms with E-state index in [0.717, 1.165) is 30.5 Å². The molecule has 1 atom stereocenters. The van der Waals surface area contributed by atoms with Crippen LogP contribution in [-0.2, 0) is 17.6 Å². The topological polar surface area (TPSA) is 30.0 Å². The number of aryl methyl sites for hydroxylation is 2. The number of nitrogens with zero attached hydrogens (tertiary/aromatic N) is 1. The Morgan fingerprint density at radius 2 is 2.05 bits per heavy atom. The summed E-state index contributed by atoms with van der Waals surface area (Å²) in [7, 11) is 0. The predicted octanol–water partition coefficient (Wildman–Crippen LogP) is 3.62. The number of Topliss-reactive ketones (excluding diaryl/α,β-unsaturated/α-hetero) is 1. The first kappa shape index (κ1) is 13.0. The average Bonchev–Trinajstić information content (AvgIpc) is 2.49. The van der Waals surface area contributed by atoms with Gasteiger partial charge in [0.15, 0.2) is 0 Å². The summed E-state index contributed by atoms with van der Waals surface area (Å²) in [6.45, 7) is 2.06. The van der Waals surface area contributed by atoms with E-state index in [-0.39, 0.29) is 5.92 Å². The smallest absolute Gasteiger partial charge is 0.146 e. The monoisotopic (exact) mass is 265 g/mol. The molecule has 0 radical (unpaired) electrons. The Hall–Kier alpha value is -1.96. The molecule has 2 aromatic rings. The number of hydrogen-bond acceptors (Lipinski definition) is 2. The molecule has 1 aromatic carbocycles. The highest BCUT2D eigenvalue weighted by Crippen LogP contribution is 2.31. The Morgan fingerprint density at radius 3 is 2.85 bits per heavy atom. The van der Waals surface area contributed by atoms with Gasteiger partial charge in [0.2, 0.25) is 0 Å². The molecule has 0 fully saturated rings. The van der Waals surface area contributed by atoms with E-state index < -0.39 is 0 Å². The second-order valence-electron chi connectivity index (χ2n) is 5.62. The van der Waals surface area contributed by atoms with E-state index in [1.807, 2.05) is 6.07 Å². The van der Waals surface area contributed by atoms with Gasteiger partial charge >= 0.3 is 0 Å². The maximum atomic E-state index is 12.6. The summed E-state index contributed by atoms with van der Waals surface area (Å²) in [6.07, 6.45) is 5.40. The summed E-state index contributed by atoms with van der Waals surface area (Å²) >= 11 is 0. The molecule has 0 bridgehead atoms. The van der Waals surface area contributed by atoms with Crippen LogP contribution in [0.25, 0.3) is 0 Å². The lowest BCUT2D eigenvalue weighted by molar-refractivity contribution is -0.120. The molecule has 0 spiro atoms. The minimum atomic E-state index is -0.0127. The van der Waals surface area contributed by atoms with Gasteiger partial charge in [-0.1, -0.05) is 35.9 Å². The van der Waals surface area contributed by atoms with Crippen LogP contribution in [0.15, 0.2) is 42.6 Å². The molecule has 0 saturated heterocycles. The minimum absolute atomic E-state index is 0.0127. The van der Waals surface area contributed by atoms with Crippen molar-refractivity contribution in [3.8, 4) is 0 Å². The van der Waals surface area contributed by atoms with Gasteiger partial charge in [-0.15, -0.1) is 0 Å². The first-order valence-corrected chi connectivity index (χ1v) is 7.26. The van der Waals surface area contributed by atoms with Crippen molar-refractivity contribution in [1.82, 2.24) is 4.98 Å². The van der Waals surface area contributed by atoms with Gasteiger partial charge < -0.3 is 0 Å². The molecule has 1 unspecified atom stereocenters. The fraction of sp³-hybridized carbons (Fsp3) is 0.333. The second kappa shape index (κ2) is 5.58. The molecule has 0 aliphatic heterocycles. The molecule has 1 aliphatic rings. The van der Waals surface area contributed by atoms with Crippen molar-refractivity contribution in [2.24, 2.45) is 0 Å². The van der Waals surface area contributed by atoms with Crippen LogP contribution in [0.5, 0.6) is 0 Å². The Labute approximate surface area is 119 Å². The molecule has 1 aliphatic carbocycles. The lowest BCUT2D eigenvalue weighted by atomic mass is 9.82. The van der Waals surface area contributed by atoms with E-state index in [4.69, 9.17) is 0 Å². The van der Waals surface area contributed by atoms with Gasteiger partial charge in [-0.2, -0.15) is 0 Å². The lowest BCUT2D eigenvalue weighted by Crippen LogP contribution is -2.21. The second-order valence-corrected chi connectivity index (χ2v) is 5.62. The van der Waals surface area contributed by atoms with E-state index >= 15 is 0 Å². The number of rotatable bonds is 3. The van der Waals surface area contributed by atoms with Crippen LogP contribution in [0.2, 0.25) is 0 Å². The largest absolute Gasteiger partial charge is 0.299 e. The Kier molecular flexibility index (Phi) is 3.64. The van der Waals surface area contributed by atoms with Gasteiger partial charge in [0.05, 0.1) is 11.6 Å². The Bertz CT molecular complexity index is 616. The maximum absolute atomic E-state index is 12.6. The number of benzene rings is 1. The Balaban J connectivity index is 1.80. The van der Waals surface area contributed by atoms with Gasteiger partial charge in [-0.3, -0.25) is 9.78 Å². The van der Waals surface area contributed by atoms with Crippen LogP contribution in [0.4, 0.5) is 0 Å². The van der Waals surface area contributed by atoms with E-state index in [2.05, 4.69) is 42.2 Å². The summed E-state index contributed by atoms with van der Waals surface area (Å²) in [4.78, 5) is 17.0. The van der Waals surface area contributed by atoms with Crippen molar-refractivity contribution in [1.29, 1.82) is 0 Å². The summed E-state index contributed by atoms with van der Waals surface area (Å²) in [5, 5.41) is 0. The minimum Gasteiger partial charge on any atom is -0.299 e. The van der Waals surface area contributed by atoms with Gasteiger partial charge in [0.25, 0.3) is 0 Å². The number of carbonyl (C=O) groups is 1. The Morgan fingerprint density at radius 1 is 1.25 bits per heavy atom. The van der Waals surface area contributed by atoms with Crippen LogP contribution >= 0.6 is 0 Å². The number of fused-ring (bicyclic) bond motifs is 1. The zero-order valence-electron chi connectivity index (χ0n) is 11.8. The third-order valence-corrected chi connectivity index (χ3v) is 4.08. The molecule has 0 amide bonds. The quantitative estimate of drug-likeness (QED) is 0.848. The molecule has 0 N–H and O–H groups in total. The van der Waals surface area contributed by atoms with Crippen LogP contribution in [0.3, 0.4) is 0 Å². The summed E-state index contributed by atoms with van der Waals surface area (Å²) in [6, 6.07) is 12.3. The van der Waals surface area contributed by atoms with Gasteiger partial charge in [-0.25, -0.2) is 0 Å². The standard InChI is InChI=1S/C18H19NO/c1-13-7-9-14(10-8-13)12-17(20)16-6-2-4-15-5-3-11-19-18(15)16/h3,5,7-11,16H,2,4,6,12H2,1H3. The zero-order valence-corrected chi connectivity index (χ0v) is 11.8. The van der Waals surface area contributed by atoms with Crippen molar-refractivity contribution in [2.75, 3.05) is 0 Å². The molecule has 2 nitrogen and oxygen atoms in total. The molecular weight excluding hydrogens is 246 g/mol. The molecule has 1 heterocycles. The first-order valence-electron chi connectivity index (χ1n) is 7.26. The number of aromatic nitrogens is 1. The van der Waals surface area contributed by atoms with Crippen molar-refractivity contribution < 1.29 is 4.79 Å². The maximum Gasteiger partial charge on any atom is 0.146 e. The molecule has 102 valence electrons. The molecular formula is C18H19NO. The van der Waals surface area contributed by atoms with Gasteiger partial charge in [0.1, 0.15) is 5.78 Å². The van der Waals surface area contributed by atoms with Crippen LogP contribution in [-0.4, -0.2) is 10.8 Å². The molecule has 0 saturated carbocycles. The molecule has 2 heteroatoms. The molecule has 1 aromatic heterocycles. The molecule has 20 heavy (non-hydrogen) atoms. The zero-order chi connectivity index (χ0) is 13.9. The number of hydrogen-bond donors (Lipinski definition) is 0. The first-order chi connectivity index (χ1) is 9.74. The van der Waals surface area contributed by atoms with Crippen LogP contribution in [0.1, 0.15) is 41.1 Å². The summed E-state index contributed by atoms with van der Waals surface area (Å²) in [5.74, 6) is 0.287.